The molecule has 142 valence electrons. The SMILES string of the molecule is N#Cc1c(NCCNC(=O)OCc2ccccc2)nc(N)nc1-c1ccco1. The summed E-state index contributed by atoms with van der Waals surface area (Å²) in [7, 11) is 0. The minimum Gasteiger partial charge on any atom is -0.463 e. The van der Waals surface area contributed by atoms with Crippen molar-refractivity contribution in [2.75, 3.05) is 24.1 Å². The molecule has 3 aromatic rings. The van der Waals surface area contributed by atoms with Crippen molar-refractivity contribution in [1.29, 1.82) is 5.26 Å². The lowest BCUT2D eigenvalue weighted by Crippen LogP contribution is -2.29. The molecule has 2 heterocycles. The highest BCUT2D eigenvalue weighted by Crippen LogP contribution is 2.26. The molecule has 0 saturated carbocycles. The minimum atomic E-state index is -0.537. The van der Waals surface area contributed by atoms with Crippen molar-refractivity contribution in [3.8, 4) is 17.5 Å². The molecule has 0 aliphatic carbocycles. The number of nitriles is 1. The summed E-state index contributed by atoms with van der Waals surface area (Å²) in [6.07, 6.45) is 0.942. The molecule has 0 radical (unpaired) electrons. The number of carbonyl (C=O) groups excluding carboxylic acids is 1. The van der Waals surface area contributed by atoms with Crippen LogP contribution in [0.15, 0.2) is 53.1 Å². The van der Waals surface area contributed by atoms with Crippen molar-refractivity contribution < 1.29 is 13.9 Å². The van der Waals surface area contributed by atoms with Gasteiger partial charge in [0.25, 0.3) is 0 Å². The number of hydrogen-bond donors (Lipinski definition) is 3. The molecule has 2 aromatic heterocycles. The van der Waals surface area contributed by atoms with Crippen LogP contribution in [0.1, 0.15) is 11.1 Å². The Labute approximate surface area is 161 Å². The van der Waals surface area contributed by atoms with Gasteiger partial charge in [-0.15, -0.1) is 0 Å². The summed E-state index contributed by atoms with van der Waals surface area (Å²) >= 11 is 0. The maximum atomic E-state index is 11.7. The monoisotopic (exact) mass is 378 g/mol. The van der Waals surface area contributed by atoms with Gasteiger partial charge in [0, 0.05) is 13.1 Å². The van der Waals surface area contributed by atoms with Gasteiger partial charge in [0.1, 0.15) is 29.8 Å². The third-order valence-corrected chi connectivity index (χ3v) is 3.69. The van der Waals surface area contributed by atoms with Crippen molar-refractivity contribution in [3.05, 3.63) is 59.9 Å². The van der Waals surface area contributed by atoms with E-state index in [0.29, 0.717) is 18.0 Å². The third kappa shape index (κ3) is 4.76. The summed E-state index contributed by atoms with van der Waals surface area (Å²) in [4.78, 5) is 19.9. The van der Waals surface area contributed by atoms with Crippen LogP contribution in [0.25, 0.3) is 11.5 Å². The number of furan rings is 1. The Balaban J connectivity index is 1.53. The zero-order valence-electron chi connectivity index (χ0n) is 14.9. The molecular weight excluding hydrogens is 360 g/mol. The Bertz CT molecular complexity index is 967. The molecule has 9 heteroatoms. The lowest BCUT2D eigenvalue weighted by molar-refractivity contribution is 0.140. The fourth-order valence-electron chi connectivity index (χ4n) is 2.42. The largest absolute Gasteiger partial charge is 0.463 e. The van der Waals surface area contributed by atoms with Crippen LogP contribution in [-0.2, 0) is 11.3 Å². The molecular formula is C19H18N6O3. The van der Waals surface area contributed by atoms with Gasteiger partial charge in [-0.1, -0.05) is 30.3 Å². The highest BCUT2D eigenvalue weighted by Gasteiger charge is 2.16. The number of amides is 1. The van der Waals surface area contributed by atoms with E-state index in [2.05, 4.69) is 26.7 Å². The van der Waals surface area contributed by atoms with E-state index in [1.807, 2.05) is 30.3 Å². The van der Waals surface area contributed by atoms with Crippen LogP contribution in [-0.4, -0.2) is 29.2 Å². The predicted molar refractivity (Wildman–Crippen MR) is 102 cm³/mol. The number of carbonyl (C=O) groups is 1. The first-order valence-corrected chi connectivity index (χ1v) is 8.47. The average molecular weight is 378 g/mol. The number of ether oxygens (including phenoxy) is 1. The summed E-state index contributed by atoms with van der Waals surface area (Å²) in [6.45, 7) is 0.759. The first-order chi connectivity index (χ1) is 13.7. The molecule has 9 nitrogen and oxygen atoms in total. The van der Waals surface area contributed by atoms with E-state index in [1.165, 1.54) is 6.26 Å². The van der Waals surface area contributed by atoms with Crippen LogP contribution in [0.3, 0.4) is 0 Å². The number of aromatic nitrogens is 2. The van der Waals surface area contributed by atoms with Crippen LogP contribution in [0, 0.1) is 11.3 Å². The topological polar surface area (TPSA) is 139 Å². The quantitative estimate of drug-likeness (QED) is 0.533. The van der Waals surface area contributed by atoms with Crippen molar-refractivity contribution in [2.45, 2.75) is 6.61 Å². The standard InChI is InChI=1S/C19H18N6O3/c20-11-14-16(15-7-4-10-27-15)24-18(21)25-17(14)22-8-9-23-19(26)28-12-13-5-2-1-3-6-13/h1-7,10H,8-9,12H2,(H,23,26)(H3,21,22,24,25). The Morgan fingerprint density at radius 2 is 2.00 bits per heavy atom. The van der Waals surface area contributed by atoms with E-state index in [-0.39, 0.29) is 30.5 Å². The van der Waals surface area contributed by atoms with Gasteiger partial charge >= 0.3 is 6.09 Å². The number of alkyl carbamates (subject to hydrolysis) is 1. The molecule has 0 fully saturated rings. The van der Waals surface area contributed by atoms with Crippen molar-refractivity contribution in [3.63, 3.8) is 0 Å². The van der Waals surface area contributed by atoms with Crippen molar-refractivity contribution in [1.82, 2.24) is 15.3 Å². The fraction of sp³-hybridized carbons (Fsp3) is 0.158. The van der Waals surface area contributed by atoms with E-state index in [0.717, 1.165) is 5.56 Å². The highest BCUT2D eigenvalue weighted by atomic mass is 16.5. The molecule has 0 bridgehead atoms. The number of nitrogen functional groups attached to an aromatic ring is 1. The van der Waals surface area contributed by atoms with Crippen LogP contribution in [0.2, 0.25) is 0 Å². The molecule has 0 spiro atoms. The molecule has 0 aliphatic rings. The molecule has 0 unspecified atom stereocenters. The highest BCUT2D eigenvalue weighted by molar-refractivity contribution is 5.71. The average Bonchev–Trinajstić information content (AvgIpc) is 3.25. The third-order valence-electron chi connectivity index (χ3n) is 3.69. The minimum absolute atomic E-state index is 0.00290. The van der Waals surface area contributed by atoms with Crippen molar-refractivity contribution >= 4 is 17.9 Å². The zero-order valence-corrected chi connectivity index (χ0v) is 14.9. The van der Waals surface area contributed by atoms with Crippen LogP contribution in [0.5, 0.6) is 0 Å². The lowest BCUT2D eigenvalue weighted by Gasteiger charge is -2.11. The maximum Gasteiger partial charge on any atom is 0.407 e. The Kier molecular flexibility index (Phi) is 6.05. The Hall–Kier alpha value is -4.06. The molecule has 0 atom stereocenters. The van der Waals surface area contributed by atoms with E-state index in [9.17, 15) is 10.1 Å². The van der Waals surface area contributed by atoms with E-state index < -0.39 is 6.09 Å². The second kappa shape index (κ2) is 9.05. The smallest absolute Gasteiger partial charge is 0.407 e. The van der Waals surface area contributed by atoms with Gasteiger partial charge in [-0.2, -0.15) is 10.2 Å². The summed E-state index contributed by atoms with van der Waals surface area (Å²) in [5.41, 5.74) is 7.14. The fourth-order valence-corrected chi connectivity index (χ4v) is 2.42. The second-order valence-electron chi connectivity index (χ2n) is 5.66. The maximum absolute atomic E-state index is 11.7. The van der Waals surface area contributed by atoms with Gasteiger partial charge in [0.15, 0.2) is 5.76 Å². The molecule has 4 N–H and O–H groups in total. The summed E-state index contributed by atoms with van der Waals surface area (Å²) < 4.78 is 10.4. The van der Waals surface area contributed by atoms with Crippen LogP contribution in [0.4, 0.5) is 16.6 Å². The van der Waals surface area contributed by atoms with Gasteiger partial charge in [-0.3, -0.25) is 0 Å². The molecule has 0 aliphatic heterocycles. The summed E-state index contributed by atoms with van der Waals surface area (Å²) in [6, 6.07) is 14.8. The number of anilines is 2. The predicted octanol–water partition coefficient (Wildman–Crippen LogP) is 2.53. The van der Waals surface area contributed by atoms with Crippen LogP contribution >= 0.6 is 0 Å². The number of nitrogens with one attached hydrogen (secondary N) is 2. The van der Waals surface area contributed by atoms with Gasteiger partial charge in [0.05, 0.1) is 6.26 Å². The molecule has 28 heavy (non-hydrogen) atoms. The first-order valence-electron chi connectivity index (χ1n) is 8.47. The summed E-state index contributed by atoms with van der Waals surface area (Å²) in [5.74, 6) is 0.681. The second-order valence-corrected chi connectivity index (χ2v) is 5.66. The number of benzene rings is 1. The zero-order chi connectivity index (χ0) is 19.8. The number of hydrogen-bond acceptors (Lipinski definition) is 8. The van der Waals surface area contributed by atoms with E-state index in [4.69, 9.17) is 14.9 Å². The van der Waals surface area contributed by atoms with E-state index >= 15 is 0 Å². The molecule has 3 rings (SSSR count). The van der Waals surface area contributed by atoms with Crippen molar-refractivity contribution in [2.24, 2.45) is 0 Å². The Morgan fingerprint density at radius 1 is 1.18 bits per heavy atom. The number of nitrogens with zero attached hydrogens (tertiary/aromatic N) is 3. The van der Waals surface area contributed by atoms with Gasteiger partial charge in [0.2, 0.25) is 5.95 Å². The summed E-state index contributed by atoms with van der Waals surface area (Å²) in [5, 5.41) is 15.1. The van der Waals surface area contributed by atoms with Gasteiger partial charge in [-0.25, -0.2) is 9.78 Å². The molecule has 1 amide bonds. The van der Waals surface area contributed by atoms with E-state index in [1.54, 1.807) is 12.1 Å². The Morgan fingerprint density at radius 3 is 2.71 bits per heavy atom. The van der Waals surface area contributed by atoms with Gasteiger partial charge < -0.3 is 25.5 Å². The number of rotatable bonds is 7. The number of nitrogens with two attached hydrogens (primary N) is 1. The normalized spacial score (nSPS) is 10.1. The van der Waals surface area contributed by atoms with Crippen LogP contribution < -0.4 is 16.4 Å². The lowest BCUT2D eigenvalue weighted by atomic mass is 10.2. The van der Waals surface area contributed by atoms with Gasteiger partial charge in [-0.05, 0) is 17.7 Å². The first kappa shape index (κ1) is 18.7. The molecule has 0 saturated heterocycles. The molecule has 1 aromatic carbocycles.